The van der Waals surface area contributed by atoms with E-state index in [-0.39, 0.29) is 25.0 Å². The molecule has 0 radical (unpaired) electrons. The number of carbonyl (C=O) groups is 1. The second-order valence-electron chi connectivity index (χ2n) is 4.47. The summed E-state index contributed by atoms with van der Waals surface area (Å²) in [6.45, 7) is 1.87. The molecule has 1 aromatic carbocycles. The van der Waals surface area contributed by atoms with Gasteiger partial charge in [-0.2, -0.15) is 13.2 Å². The number of H-pyrrole nitrogens is 1. The van der Waals surface area contributed by atoms with E-state index >= 15 is 0 Å². The molecule has 3 nitrogen and oxygen atoms in total. The third-order valence-corrected chi connectivity index (χ3v) is 3.53. The molecule has 2 rings (SSSR count). The lowest BCUT2D eigenvalue weighted by Gasteiger charge is -2.08. The summed E-state index contributed by atoms with van der Waals surface area (Å²) >= 11 is 3.24. The van der Waals surface area contributed by atoms with Crippen molar-refractivity contribution in [1.29, 1.82) is 0 Å². The van der Waals surface area contributed by atoms with Crippen molar-refractivity contribution in [2.45, 2.75) is 25.9 Å². The van der Waals surface area contributed by atoms with Crippen LogP contribution in [-0.2, 0) is 22.1 Å². The Morgan fingerprint density at radius 1 is 1.38 bits per heavy atom. The number of halogens is 4. The first-order valence-corrected chi connectivity index (χ1v) is 7.15. The predicted molar refractivity (Wildman–Crippen MR) is 76.0 cm³/mol. The van der Waals surface area contributed by atoms with Crippen LogP contribution in [0.4, 0.5) is 13.2 Å². The minimum Gasteiger partial charge on any atom is -0.466 e. The summed E-state index contributed by atoms with van der Waals surface area (Å²) in [5.74, 6) is -0.505. The van der Waals surface area contributed by atoms with Crippen LogP contribution in [0.25, 0.3) is 10.9 Å². The average molecular weight is 364 g/mol. The van der Waals surface area contributed by atoms with Gasteiger partial charge in [0.1, 0.15) is 5.69 Å². The van der Waals surface area contributed by atoms with Gasteiger partial charge in [0.15, 0.2) is 0 Å². The van der Waals surface area contributed by atoms with E-state index < -0.39 is 17.8 Å². The van der Waals surface area contributed by atoms with Crippen LogP contribution >= 0.6 is 15.9 Å². The molecule has 0 spiro atoms. The summed E-state index contributed by atoms with van der Waals surface area (Å²) in [5.41, 5.74) is -0.323. The molecule has 0 aliphatic heterocycles. The largest absolute Gasteiger partial charge is 0.466 e. The van der Waals surface area contributed by atoms with Crippen molar-refractivity contribution < 1.29 is 22.7 Å². The highest BCUT2D eigenvalue weighted by atomic mass is 79.9. The molecule has 0 aliphatic rings. The summed E-state index contributed by atoms with van der Waals surface area (Å²) < 4.78 is 44.7. The molecule has 21 heavy (non-hydrogen) atoms. The number of aromatic amines is 1. The van der Waals surface area contributed by atoms with Crippen LogP contribution in [0.1, 0.15) is 24.6 Å². The fourth-order valence-electron chi connectivity index (χ4n) is 2.18. The van der Waals surface area contributed by atoms with E-state index in [1.54, 1.807) is 25.1 Å². The maximum atomic E-state index is 13.1. The van der Waals surface area contributed by atoms with Crippen LogP contribution < -0.4 is 0 Å². The van der Waals surface area contributed by atoms with E-state index in [2.05, 4.69) is 20.9 Å². The Morgan fingerprint density at radius 3 is 2.71 bits per heavy atom. The van der Waals surface area contributed by atoms with Crippen molar-refractivity contribution in [2.75, 3.05) is 6.61 Å². The number of alkyl halides is 3. The van der Waals surface area contributed by atoms with E-state index in [0.29, 0.717) is 15.4 Å². The van der Waals surface area contributed by atoms with Gasteiger partial charge < -0.3 is 9.72 Å². The summed E-state index contributed by atoms with van der Waals surface area (Å²) in [4.78, 5) is 13.8. The van der Waals surface area contributed by atoms with Crippen molar-refractivity contribution in [3.63, 3.8) is 0 Å². The fraction of sp³-hybridized carbons (Fsp3) is 0.357. The molecule has 0 saturated heterocycles. The van der Waals surface area contributed by atoms with Gasteiger partial charge in [0, 0.05) is 21.8 Å². The Kier molecular flexibility index (Phi) is 4.61. The summed E-state index contributed by atoms with van der Waals surface area (Å²) in [6.07, 6.45) is -4.60. The van der Waals surface area contributed by atoms with Gasteiger partial charge in [0.25, 0.3) is 0 Å². The first-order chi connectivity index (χ1) is 9.82. The fourth-order valence-corrected chi connectivity index (χ4v) is 2.54. The van der Waals surface area contributed by atoms with Crippen molar-refractivity contribution in [1.82, 2.24) is 4.98 Å². The van der Waals surface area contributed by atoms with Gasteiger partial charge in [-0.05, 0) is 37.1 Å². The van der Waals surface area contributed by atoms with Crippen LogP contribution in [0.5, 0.6) is 0 Å². The van der Waals surface area contributed by atoms with Gasteiger partial charge >= 0.3 is 12.1 Å². The quantitative estimate of drug-likeness (QED) is 0.815. The van der Waals surface area contributed by atoms with E-state index in [1.165, 1.54) is 0 Å². The van der Waals surface area contributed by atoms with E-state index in [1.807, 2.05) is 0 Å². The third-order valence-electron chi connectivity index (χ3n) is 3.04. The minimum atomic E-state index is -4.49. The van der Waals surface area contributed by atoms with Crippen LogP contribution in [0.15, 0.2) is 22.7 Å². The summed E-state index contributed by atoms with van der Waals surface area (Å²) in [6, 6.07) is 4.85. The number of aryl methyl sites for hydroxylation is 1. The number of hydrogen-bond acceptors (Lipinski definition) is 2. The second kappa shape index (κ2) is 6.09. The van der Waals surface area contributed by atoms with E-state index in [9.17, 15) is 18.0 Å². The number of esters is 1. The summed E-state index contributed by atoms with van der Waals surface area (Å²) in [7, 11) is 0. The number of hydrogen-bond donors (Lipinski definition) is 1. The van der Waals surface area contributed by atoms with Crippen LogP contribution in [0.2, 0.25) is 0 Å². The molecule has 0 bridgehead atoms. The highest BCUT2D eigenvalue weighted by molar-refractivity contribution is 9.10. The molecular weight excluding hydrogens is 351 g/mol. The number of benzene rings is 1. The van der Waals surface area contributed by atoms with Crippen LogP contribution in [0, 0.1) is 0 Å². The first kappa shape index (κ1) is 15.9. The van der Waals surface area contributed by atoms with Gasteiger partial charge in [-0.15, -0.1) is 0 Å². The molecule has 0 aliphatic carbocycles. The lowest BCUT2D eigenvalue weighted by Crippen LogP contribution is -2.11. The first-order valence-electron chi connectivity index (χ1n) is 6.36. The highest BCUT2D eigenvalue weighted by Crippen LogP contribution is 2.37. The molecule has 1 aromatic heterocycles. The molecule has 1 heterocycles. The van der Waals surface area contributed by atoms with Crippen molar-refractivity contribution in [2.24, 2.45) is 0 Å². The number of rotatable bonds is 4. The zero-order chi connectivity index (χ0) is 15.6. The number of ether oxygens (including phenoxy) is 1. The smallest absolute Gasteiger partial charge is 0.431 e. The predicted octanol–water partition coefficient (Wildman–Crippen LogP) is 4.44. The van der Waals surface area contributed by atoms with Gasteiger partial charge in [0.2, 0.25) is 0 Å². The van der Waals surface area contributed by atoms with E-state index in [4.69, 9.17) is 4.74 Å². The number of carbonyl (C=O) groups excluding carboxylic acids is 1. The SMILES string of the molecule is CCOC(=O)CCc1c(C(F)(F)F)[nH]c2ccc(Br)cc12. The Labute approximate surface area is 127 Å². The van der Waals surface area contributed by atoms with Crippen molar-refractivity contribution in [3.05, 3.63) is 33.9 Å². The maximum Gasteiger partial charge on any atom is 0.431 e. The standard InChI is InChI=1S/C14H13BrF3NO2/c1-2-21-12(20)6-4-9-10-7-8(15)3-5-11(10)19-13(9)14(16,17)18/h3,5,7,19H,2,4,6H2,1H3. The van der Waals surface area contributed by atoms with E-state index in [0.717, 1.165) is 0 Å². The molecular formula is C14H13BrF3NO2. The molecule has 0 fully saturated rings. The van der Waals surface area contributed by atoms with Crippen molar-refractivity contribution in [3.8, 4) is 0 Å². The number of aromatic nitrogens is 1. The Morgan fingerprint density at radius 2 is 2.10 bits per heavy atom. The molecule has 0 atom stereocenters. The zero-order valence-corrected chi connectivity index (χ0v) is 12.8. The van der Waals surface area contributed by atoms with Crippen LogP contribution in [0.3, 0.4) is 0 Å². The monoisotopic (exact) mass is 363 g/mol. The second-order valence-corrected chi connectivity index (χ2v) is 5.39. The number of nitrogens with one attached hydrogen (secondary N) is 1. The Balaban J connectivity index is 2.42. The third kappa shape index (κ3) is 3.58. The molecule has 0 amide bonds. The van der Waals surface area contributed by atoms with Crippen molar-refractivity contribution >= 4 is 32.8 Å². The Bertz CT molecular complexity index is 664. The van der Waals surface area contributed by atoms with Gasteiger partial charge in [-0.3, -0.25) is 4.79 Å². The average Bonchev–Trinajstić information content (AvgIpc) is 2.74. The molecule has 0 unspecified atom stereocenters. The Hall–Kier alpha value is -1.50. The van der Waals surface area contributed by atoms with Gasteiger partial charge in [-0.1, -0.05) is 15.9 Å². The topological polar surface area (TPSA) is 42.1 Å². The zero-order valence-electron chi connectivity index (χ0n) is 11.2. The number of fused-ring (bicyclic) bond motifs is 1. The van der Waals surface area contributed by atoms with Gasteiger partial charge in [-0.25, -0.2) is 0 Å². The molecule has 2 aromatic rings. The van der Waals surface area contributed by atoms with Gasteiger partial charge in [0.05, 0.1) is 6.61 Å². The highest BCUT2D eigenvalue weighted by Gasteiger charge is 2.36. The lowest BCUT2D eigenvalue weighted by atomic mass is 10.1. The summed E-state index contributed by atoms with van der Waals surface area (Å²) in [5, 5.41) is 0.459. The molecule has 1 N–H and O–H groups in total. The maximum absolute atomic E-state index is 13.1. The van der Waals surface area contributed by atoms with Crippen LogP contribution in [-0.4, -0.2) is 17.6 Å². The molecule has 0 saturated carbocycles. The minimum absolute atomic E-state index is 0.0237. The molecule has 7 heteroatoms. The molecule has 114 valence electrons. The normalized spacial score (nSPS) is 11.9. The lowest BCUT2D eigenvalue weighted by molar-refractivity contribution is -0.144.